The van der Waals surface area contributed by atoms with E-state index < -0.39 is 0 Å². The van der Waals surface area contributed by atoms with Crippen molar-refractivity contribution >= 4 is 23.3 Å². The molecule has 2 rings (SSSR count). The van der Waals surface area contributed by atoms with Crippen LogP contribution >= 0.6 is 11.3 Å². The lowest BCUT2D eigenvalue weighted by atomic mass is 10.1. The van der Waals surface area contributed by atoms with Crippen LogP contribution in [0.25, 0.3) is 0 Å². The number of imide groups is 1. The molecule has 1 aliphatic rings. The molecule has 0 bridgehead atoms. The fourth-order valence-corrected chi connectivity index (χ4v) is 2.54. The van der Waals surface area contributed by atoms with Gasteiger partial charge in [0.1, 0.15) is 0 Å². The molecule has 1 saturated heterocycles. The molecule has 0 aromatic carbocycles. The number of hydrogen-bond acceptors (Lipinski definition) is 4. The molecule has 0 aliphatic carbocycles. The van der Waals surface area contributed by atoms with Crippen LogP contribution in [0.2, 0.25) is 0 Å². The number of hydrogen-bond donors (Lipinski definition) is 1. The summed E-state index contributed by atoms with van der Waals surface area (Å²) in [5.74, 6) is -0.134. The Bertz CT molecular complexity index is 418. The molecule has 1 fully saturated rings. The molecule has 1 aliphatic heterocycles. The largest absolute Gasteiger partial charge is 0.324 e. The second-order valence-corrected chi connectivity index (χ2v) is 5.30. The number of amides is 3. The number of rotatable bonds is 3. The van der Waals surface area contributed by atoms with Crippen molar-refractivity contribution < 1.29 is 9.59 Å². The fourth-order valence-electron chi connectivity index (χ4n) is 1.85. The lowest BCUT2D eigenvalue weighted by Gasteiger charge is -2.31. The van der Waals surface area contributed by atoms with Gasteiger partial charge in [-0.25, -0.2) is 9.78 Å². The Kier molecular flexibility index (Phi) is 3.42. The number of carbonyl (C=O) groups excluding carboxylic acids is 2. The Balaban J connectivity index is 1.99. The maximum atomic E-state index is 11.6. The summed E-state index contributed by atoms with van der Waals surface area (Å²) < 4.78 is 0. The Morgan fingerprint density at radius 1 is 1.65 bits per heavy atom. The van der Waals surface area contributed by atoms with Crippen LogP contribution in [0.1, 0.15) is 24.8 Å². The Morgan fingerprint density at radius 2 is 2.41 bits per heavy atom. The number of urea groups is 1. The van der Waals surface area contributed by atoms with Crippen LogP contribution in [-0.4, -0.2) is 34.9 Å². The Hall–Kier alpha value is -1.43. The minimum absolute atomic E-state index is 0.142. The zero-order valence-electron chi connectivity index (χ0n) is 9.84. The van der Waals surface area contributed by atoms with Crippen molar-refractivity contribution in [3.63, 3.8) is 0 Å². The van der Waals surface area contributed by atoms with Crippen LogP contribution in [0.3, 0.4) is 0 Å². The summed E-state index contributed by atoms with van der Waals surface area (Å²) in [5.41, 5.74) is 0. The molecule has 2 unspecified atom stereocenters. The zero-order valence-corrected chi connectivity index (χ0v) is 10.7. The van der Waals surface area contributed by atoms with E-state index in [0.29, 0.717) is 13.1 Å². The van der Waals surface area contributed by atoms with Crippen LogP contribution in [-0.2, 0) is 4.79 Å². The van der Waals surface area contributed by atoms with Gasteiger partial charge >= 0.3 is 6.03 Å². The quantitative estimate of drug-likeness (QED) is 0.886. The number of carbonyl (C=O) groups is 2. The minimum Gasteiger partial charge on any atom is -0.323 e. The number of nitrogens with one attached hydrogen (secondary N) is 1. The van der Waals surface area contributed by atoms with E-state index in [0.717, 1.165) is 5.01 Å². The molecule has 3 amide bonds. The van der Waals surface area contributed by atoms with Crippen LogP contribution < -0.4 is 5.32 Å². The third kappa shape index (κ3) is 2.63. The second kappa shape index (κ2) is 4.83. The van der Waals surface area contributed by atoms with Crippen LogP contribution in [0, 0.1) is 5.92 Å². The Labute approximate surface area is 104 Å². The summed E-state index contributed by atoms with van der Waals surface area (Å²) in [6.45, 7) is 4.94. The van der Waals surface area contributed by atoms with Gasteiger partial charge in [0.05, 0.1) is 10.9 Å². The third-order valence-corrected chi connectivity index (χ3v) is 3.83. The summed E-state index contributed by atoms with van der Waals surface area (Å²) in [6, 6.07) is -0.295. The van der Waals surface area contributed by atoms with Crippen LogP contribution in [0.4, 0.5) is 4.79 Å². The summed E-state index contributed by atoms with van der Waals surface area (Å²) in [6.07, 6.45) is 1.76. The molecule has 92 valence electrons. The van der Waals surface area contributed by atoms with Gasteiger partial charge in [-0.15, -0.1) is 11.3 Å². The second-order valence-electron chi connectivity index (χ2n) is 4.37. The first kappa shape index (κ1) is 12.0. The maximum absolute atomic E-state index is 11.6. The molecule has 5 nitrogen and oxygen atoms in total. The molecule has 1 aromatic rings. The topological polar surface area (TPSA) is 62.3 Å². The Morgan fingerprint density at radius 3 is 3.06 bits per heavy atom. The van der Waals surface area contributed by atoms with Gasteiger partial charge in [0.15, 0.2) is 0 Å². The van der Waals surface area contributed by atoms with E-state index in [1.165, 1.54) is 0 Å². The van der Waals surface area contributed by atoms with Crippen molar-refractivity contribution in [2.45, 2.75) is 19.8 Å². The highest BCUT2D eigenvalue weighted by molar-refractivity contribution is 7.09. The summed E-state index contributed by atoms with van der Waals surface area (Å²) >= 11 is 1.59. The van der Waals surface area contributed by atoms with E-state index in [-0.39, 0.29) is 23.8 Å². The fraction of sp³-hybridized carbons (Fsp3) is 0.545. The first-order valence-corrected chi connectivity index (χ1v) is 6.45. The molecule has 2 heterocycles. The van der Waals surface area contributed by atoms with Gasteiger partial charge in [0, 0.05) is 30.6 Å². The van der Waals surface area contributed by atoms with E-state index in [9.17, 15) is 9.59 Å². The highest BCUT2D eigenvalue weighted by atomic mass is 32.1. The SMILES string of the molecule is CC1CN(CC(C)c2nccs2)C(=O)NC1=O. The summed E-state index contributed by atoms with van der Waals surface area (Å²) in [7, 11) is 0. The molecule has 17 heavy (non-hydrogen) atoms. The predicted molar refractivity (Wildman–Crippen MR) is 64.8 cm³/mol. The average molecular weight is 253 g/mol. The maximum Gasteiger partial charge on any atom is 0.324 e. The van der Waals surface area contributed by atoms with Gasteiger partial charge in [-0.2, -0.15) is 0 Å². The monoisotopic (exact) mass is 253 g/mol. The molecule has 1 N–H and O–H groups in total. The van der Waals surface area contributed by atoms with Gasteiger partial charge in [-0.05, 0) is 0 Å². The molecule has 0 spiro atoms. The number of aromatic nitrogens is 1. The predicted octanol–water partition coefficient (Wildman–Crippen LogP) is 1.43. The lowest BCUT2D eigenvalue weighted by Crippen LogP contribution is -2.54. The van der Waals surface area contributed by atoms with E-state index in [1.807, 2.05) is 19.2 Å². The average Bonchev–Trinajstić information content (AvgIpc) is 2.79. The molecule has 0 radical (unpaired) electrons. The number of thiazole rings is 1. The minimum atomic E-state index is -0.295. The van der Waals surface area contributed by atoms with E-state index in [4.69, 9.17) is 0 Å². The zero-order chi connectivity index (χ0) is 12.4. The normalized spacial score (nSPS) is 22.5. The molecular formula is C11H15N3O2S. The summed E-state index contributed by atoms with van der Waals surface area (Å²) in [5, 5.41) is 5.30. The molecular weight excluding hydrogens is 238 g/mol. The van der Waals surface area contributed by atoms with Crippen molar-refractivity contribution in [3.05, 3.63) is 16.6 Å². The number of nitrogens with zero attached hydrogens (tertiary/aromatic N) is 2. The van der Waals surface area contributed by atoms with Gasteiger partial charge in [-0.1, -0.05) is 13.8 Å². The molecule has 0 saturated carbocycles. The van der Waals surface area contributed by atoms with Gasteiger partial charge in [0.25, 0.3) is 0 Å². The van der Waals surface area contributed by atoms with E-state index in [1.54, 1.807) is 22.4 Å². The van der Waals surface area contributed by atoms with Crippen molar-refractivity contribution in [3.8, 4) is 0 Å². The van der Waals surface area contributed by atoms with Crippen molar-refractivity contribution in [1.29, 1.82) is 0 Å². The van der Waals surface area contributed by atoms with E-state index in [2.05, 4.69) is 10.3 Å². The highest BCUT2D eigenvalue weighted by Gasteiger charge is 2.30. The van der Waals surface area contributed by atoms with Crippen molar-refractivity contribution in [1.82, 2.24) is 15.2 Å². The highest BCUT2D eigenvalue weighted by Crippen LogP contribution is 2.20. The molecule has 1 aromatic heterocycles. The van der Waals surface area contributed by atoms with Crippen LogP contribution in [0.15, 0.2) is 11.6 Å². The first-order valence-electron chi connectivity index (χ1n) is 5.57. The third-order valence-electron chi connectivity index (χ3n) is 2.83. The summed E-state index contributed by atoms with van der Waals surface area (Å²) in [4.78, 5) is 28.8. The van der Waals surface area contributed by atoms with Gasteiger partial charge < -0.3 is 4.90 Å². The van der Waals surface area contributed by atoms with Crippen LogP contribution in [0.5, 0.6) is 0 Å². The lowest BCUT2D eigenvalue weighted by molar-refractivity contribution is -0.125. The standard InChI is InChI=1S/C11H15N3O2S/c1-7-5-14(11(16)13-9(7)15)6-8(2)10-12-3-4-17-10/h3-4,7-8H,5-6H2,1-2H3,(H,13,15,16). The first-order chi connectivity index (χ1) is 8.08. The van der Waals surface area contributed by atoms with Gasteiger partial charge in [-0.3, -0.25) is 10.1 Å². The smallest absolute Gasteiger partial charge is 0.323 e. The molecule has 2 atom stereocenters. The van der Waals surface area contributed by atoms with Crippen molar-refractivity contribution in [2.75, 3.05) is 13.1 Å². The molecule has 6 heteroatoms. The van der Waals surface area contributed by atoms with Crippen molar-refractivity contribution in [2.24, 2.45) is 5.92 Å². The van der Waals surface area contributed by atoms with Gasteiger partial charge in [0.2, 0.25) is 5.91 Å². The van der Waals surface area contributed by atoms with E-state index >= 15 is 0 Å².